The molecule has 0 radical (unpaired) electrons. The van der Waals surface area contributed by atoms with Gasteiger partial charge in [-0.1, -0.05) is 12.1 Å². The van der Waals surface area contributed by atoms with Crippen molar-refractivity contribution in [3.8, 4) is 5.95 Å². The van der Waals surface area contributed by atoms with E-state index >= 15 is 0 Å². The summed E-state index contributed by atoms with van der Waals surface area (Å²) in [5, 5.41) is 9.81. The first kappa shape index (κ1) is 18.0. The van der Waals surface area contributed by atoms with Crippen LogP contribution < -0.4 is 4.90 Å². The topological polar surface area (TPSA) is 94.1 Å². The molecule has 0 amide bonds. The van der Waals surface area contributed by atoms with Crippen LogP contribution in [0.15, 0.2) is 24.3 Å². The first-order valence-corrected chi connectivity index (χ1v) is 9.86. The van der Waals surface area contributed by atoms with Crippen LogP contribution in [0.25, 0.3) is 28.1 Å². The van der Waals surface area contributed by atoms with Gasteiger partial charge in [-0.2, -0.15) is 9.97 Å². The number of ether oxygens (including phenoxy) is 1. The number of aryl methyl sites for hydroxylation is 2. The number of anilines is 1. The number of benzene rings is 1. The van der Waals surface area contributed by atoms with Crippen LogP contribution in [0.4, 0.5) is 5.82 Å². The molecule has 0 saturated carbocycles. The smallest absolute Gasteiger partial charge is 0.239 e. The summed E-state index contributed by atoms with van der Waals surface area (Å²) in [6.07, 6.45) is 0. The number of aliphatic hydroxyl groups is 1. The van der Waals surface area contributed by atoms with Crippen molar-refractivity contribution in [1.82, 2.24) is 29.1 Å². The third-order valence-electron chi connectivity index (χ3n) is 5.34. The highest BCUT2D eigenvalue weighted by Gasteiger charge is 2.24. The Hall–Kier alpha value is -3.04. The number of morpholine rings is 1. The van der Waals surface area contributed by atoms with E-state index in [2.05, 4.69) is 14.9 Å². The molecule has 0 atom stereocenters. The van der Waals surface area contributed by atoms with Gasteiger partial charge >= 0.3 is 0 Å². The Kier molecular flexibility index (Phi) is 4.40. The summed E-state index contributed by atoms with van der Waals surface area (Å²) in [5.41, 5.74) is 3.30. The Bertz CT molecular complexity index is 1190. The zero-order valence-electron chi connectivity index (χ0n) is 16.5. The third-order valence-corrected chi connectivity index (χ3v) is 5.34. The number of aliphatic hydroxyl groups excluding tert-OH is 1. The van der Waals surface area contributed by atoms with E-state index in [-0.39, 0.29) is 6.61 Å². The van der Waals surface area contributed by atoms with E-state index < -0.39 is 0 Å². The van der Waals surface area contributed by atoms with Crippen LogP contribution in [0.1, 0.15) is 18.6 Å². The van der Waals surface area contributed by atoms with Crippen LogP contribution in [-0.4, -0.2) is 60.5 Å². The maximum absolute atomic E-state index is 9.81. The molecule has 5 rings (SSSR count). The highest BCUT2D eigenvalue weighted by atomic mass is 16.5. The highest BCUT2D eigenvalue weighted by molar-refractivity contribution is 5.86. The second-order valence-corrected chi connectivity index (χ2v) is 7.03. The lowest BCUT2D eigenvalue weighted by Gasteiger charge is -2.28. The fourth-order valence-electron chi connectivity index (χ4n) is 3.97. The molecule has 0 aliphatic carbocycles. The summed E-state index contributed by atoms with van der Waals surface area (Å²) in [6.45, 7) is 7.27. The van der Waals surface area contributed by atoms with Gasteiger partial charge in [0, 0.05) is 19.6 Å². The lowest BCUT2D eigenvalue weighted by molar-refractivity contribution is 0.122. The molecule has 29 heavy (non-hydrogen) atoms. The van der Waals surface area contributed by atoms with Gasteiger partial charge in [-0.15, -0.1) is 0 Å². The van der Waals surface area contributed by atoms with E-state index in [1.165, 1.54) is 0 Å². The maximum atomic E-state index is 9.81. The van der Waals surface area contributed by atoms with Gasteiger partial charge in [0.25, 0.3) is 0 Å². The van der Waals surface area contributed by atoms with Crippen LogP contribution in [-0.2, 0) is 17.9 Å². The average molecular weight is 393 g/mol. The van der Waals surface area contributed by atoms with Gasteiger partial charge in [-0.3, -0.25) is 4.57 Å². The maximum Gasteiger partial charge on any atom is 0.239 e. The SMILES string of the molecule is CCn1c(CO)nc2c(N3CCOCC3)nc(-n3c(C)nc4ccccc43)nc21. The molecule has 9 heteroatoms. The molecule has 150 valence electrons. The fourth-order valence-corrected chi connectivity index (χ4v) is 3.97. The summed E-state index contributed by atoms with van der Waals surface area (Å²) in [6, 6.07) is 7.97. The van der Waals surface area contributed by atoms with Gasteiger partial charge in [0.15, 0.2) is 17.0 Å². The molecule has 0 spiro atoms. The van der Waals surface area contributed by atoms with Gasteiger partial charge in [0.2, 0.25) is 5.95 Å². The standard InChI is InChI=1S/C20H23N7O2/c1-3-26-16(12-28)22-17-18(25-8-10-29-11-9-25)23-20(24-19(17)26)27-13(2)21-14-6-4-5-7-15(14)27/h4-7,28H,3,8-12H2,1-2H3. The fraction of sp³-hybridized carbons (Fsp3) is 0.400. The average Bonchev–Trinajstić information content (AvgIpc) is 3.29. The monoisotopic (exact) mass is 393 g/mol. The first-order chi connectivity index (χ1) is 14.2. The number of aromatic nitrogens is 6. The Morgan fingerprint density at radius 2 is 1.86 bits per heavy atom. The number of para-hydroxylation sites is 2. The molecule has 0 unspecified atom stereocenters. The summed E-state index contributed by atoms with van der Waals surface area (Å²) in [5.74, 6) is 2.75. The molecule has 9 nitrogen and oxygen atoms in total. The number of rotatable bonds is 4. The Labute approximate surface area is 167 Å². The molecular weight excluding hydrogens is 370 g/mol. The van der Waals surface area contributed by atoms with Gasteiger partial charge in [0.1, 0.15) is 18.3 Å². The molecule has 1 saturated heterocycles. The summed E-state index contributed by atoms with van der Waals surface area (Å²) in [7, 11) is 0. The number of fused-ring (bicyclic) bond motifs is 2. The predicted molar refractivity (Wildman–Crippen MR) is 109 cm³/mol. The first-order valence-electron chi connectivity index (χ1n) is 9.86. The van der Waals surface area contributed by atoms with Crippen molar-refractivity contribution in [2.45, 2.75) is 27.0 Å². The second kappa shape index (κ2) is 7.09. The minimum Gasteiger partial charge on any atom is -0.388 e. The summed E-state index contributed by atoms with van der Waals surface area (Å²) < 4.78 is 9.44. The third kappa shape index (κ3) is 2.85. The molecule has 4 aromatic rings. The van der Waals surface area contributed by atoms with Crippen molar-refractivity contribution in [2.24, 2.45) is 0 Å². The zero-order chi connectivity index (χ0) is 20.0. The van der Waals surface area contributed by atoms with E-state index in [4.69, 9.17) is 14.7 Å². The molecule has 1 aliphatic rings. The normalized spacial score (nSPS) is 14.9. The molecule has 1 aromatic carbocycles. The predicted octanol–water partition coefficient (Wildman–Crippen LogP) is 1.82. The molecule has 0 bridgehead atoms. The molecule has 1 N–H and O–H groups in total. The Morgan fingerprint density at radius 1 is 1.07 bits per heavy atom. The van der Waals surface area contributed by atoms with E-state index in [0.717, 1.165) is 41.4 Å². The molecular formula is C20H23N7O2. The molecule has 3 aromatic heterocycles. The minimum absolute atomic E-state index is 0.144. The van der Waals surface area contributed by atoms with Crippen LogP contribution in [0.3, 0.4) is 0 Å². The zero-order valence-corrected chi connectivity index (χ0v) is 16.5. The van der Waals surface area contributed by atoms with E-state index in [1.54, 1.807) is 0 Å². The van der Waals surface area contributed by atoms with Crippen LogP contribution in [0.2, 0.25) is 0 Å². The van der Waals surface area contributed by atoms with Crippen LogP contribution >= 0.6 is 0 Å². The van der Waals surface area contributed by atoms with Crippen molar-refractivity contribution in [2.75, 3.05) is 31.2 Å². The minimum atomic E-state index is -0.144. The van der Waals surface area contributed by atoms with Crippen LogP contribution in [0.5, 0.6) is 0 Å². The van der Waals surface area contributed by atoms with Crippen molar-refractivity contribution in [3.05, 3.63) is 35.9 Å². The number of imidazole rings is 2. The lowest BCUT2D eigenvalue weighted by Crippen LogP contribution is -2.37. The second-order valence-electron chi connectivity index (χ2n) is 7.03. The van der Waals surface area contributed by atoms with Crippen molar-refractivity contribution >= 4 is 28.0 Å². The van der Waals surface area contributed by atoms with E-state index in [9.17, 15) is 5.11 Å². The molecule has 1 fully saturated rings. The number of hydrogen-bond donors (Lipinski definition) is 1. The van der Waals surface area contributed by atoms with Gasteiger partial charge in [-0.05, 0) is 26.0 Å². The van der Waals surface area contributed by atoms with Gasteiger partial charge in [-0.25, -0.2) is 9.97 Å². The van der Waals surface area contributed by atoms with Crippen molar-refractivity contribution in [3.63, 3.8) is 0 Å². The van der Waals surface area contributed by atoms with Crippen molar-refractivity contribution in [1.29, 1.82) is 0 Å². The largest absolute Gasteiger partial charge is 0.388 e. The highest BCUT2D eigenvalue weighted by Crippen LogP contribution is 2.28. The summed E-state index contributed by atoms with van der Waals surface area (Å²) >= 11 is 0. The molecule has 1 aliphatic heterocycles. The van der Waals surface area contributed by atoms with Crippen molar-refractivity contribution < 1.29 is 9.84 Å². The quantitative estimate of drug-likeness (QED) is 0.565. The van der Waals surface area contributed by atoms with E-state index in [0.29, 0.717) is 37.0 Å². The Morgan fingerprint density at radius 3 is 2.62 bits per heavy atom. The lowest BCUT2D eigenvalue weighted by atomic mass is 10.3. The number of nitrogens with zero attached hydrogens (tertiary/aromatic N) is 7. The Balaban J connectivity index is 1.80. The van der Waals surface area contributed by atoms with Gasteiger partial charge in [0.05, 0.1) is 24.2 Å². The van der Waals surface area contributed by atoms with E-state index in [1.807, 2.05) is 47.2 Å². The summed E-state index contributed by atoms with van der Waals surface area (Å²) in [4.78, 5) is 21.3. The molecule has 4 heterocycles. The number of hydrogen-bond acceptors (Lipinski definition) is 7. The van der Waals surface area contributed by atoms with Crippen LogP contribution in [0, 0.1) is 6.92 Å². The van der Waals surface area contributed by atoms with Gasteiger partial charge < -0.3 is 19.3 Å².